The molecule has 5 heteroatoms. The Morgan fingerprint density at radius 3 is 2.25 bits per heavy atom. The van der Waals surface area contributed by atoms with E-state index in [1.165, 1.54) is 0 Å². The van der Waals surface area contributed by atoms with Crippen molar-refractivity contribution in [1.29, 1.82) is 0 Å². The minimum Gasteiger partial charge on any atom is -0.494 e. The van der Waals surface area contributed by atoms with Crippen LogP contribution in [0.5, 0.6) is 5.75 Å². The summed E-state index contributed by atoms with van der Waals surface area (Å²) in [6.45, 7) is 2.39. The first kappa shape index (κ1) is 14.7. The lowest BCUT2D eigenvalue weighted by atomic mass is 10.0. The molecule has 2 aromatic rings. The summed E-state index contributed by atoms with van der Waals surface area (Å²) in [6.07, 6.45) is 0. The van der Waals surface area contributed by atoms with Gasteiger partial charge in [0, 0.05) is 5.56 Å². The number of benzene rings is 2. The summed E-state index contributed by atoms with van der Waals surface area (Å²) in [5.74, 6) is -3.36. The van der Waals surface area contributed by atoms with Crippen molar-refractivity contribution in [3.63, 3.8) is 0 Å². The Kier molecular flexibility index (Phi) is 4.55. The Labute approximate surface area is 119 Å². The fourth-order valence-electron chi connectivity index (χ4n) is 1.82. The number of alkyl halides is 1. The molecule has 0 saturated carbocycles. The van der Waals surface area contributed by atoms with Gasteiger partial charge >= 0.3 is 0 Å². The van der Waals surface area contributed by atoms with Crippen molar-refractivity contribution in [3.8, 4) is 5.75 Å². The van der Waals surface area contributed by atoms with Crippen molar-refractivity contribution < 1.29 is 17.9 Å². The molecule has 2 rings (SSSR count). The molecule has 0 amide bonds. The highest BCUT2D eigenvalue weighted by Crippen LogP contribution is 2.32. The summed E-state index contributed by atoms with van der Waals surface area (Å²) in [5, 5.41) is -0.902. The summed E-state index contributed by atoms with van der Waals surface area (Å²) in [6, 6.07) is 8.68. The van der Waals surface area contributed by atoms with Gasteiger partial charge in [-0.3, -0.25) is 0 Å². The third-order valence-electron chi connectivity index (χ3n) is 2.82. The quantitative estimate of drug-likeness (QED) is 0.580. The Bertz CT molecular complexity index is 599. The van der Waals surface area contributed by atoms with Crippen molar-refractivity contribution in [2.24, 2.45) is 0 Å². The normalized spacial score (nSPS) is 12.2. The van der Waals surface area contributed by atoms with E-state index in [2.05, 4.69) is 0 Å². The second kappa shape index (κ2) is 6.18. The molecule has 0 aliphatic heterocycles. The van der Waals surface area contributed by atoms with Crippen LogP contribution in [0.2, 0.25) is 0 Å². The van der Waals surface area contributed by atoms with Crippen LogP contribution in [0.15, 0.2) is 36.4 Å². The Morgan fingerprint density at radius 2 is 1.65 bits per heavy atom. The van der Waals surface area contributed by atoms with E-state index in [-0.39, 0.29) is 5.56 Å². The molecular weight excluding hydrogens is 289 g/mol. The number of halogens is 4. The maximum Gasteiger partial charge on any atom is 0.194 e. The maximum atomic E-state index is 13.7. The minimum absolute atomic E-state index is 0.102. The van der Waals surface area contributed by atoms with Crippen molar-refractivity contribution in [3.05, 3.63) is 65.0 Å². The third-order valence-corrected chi connectivity index (χ3v) is 3.31. The van der Waals surface area contributed by atoms with E-state index in [0.29, 0.717) is 17.9 Å². The van der Waals surface area contributed by atoms with Gasteiger partial charge in [0.05, 0.1) is 12.0 Å². The summed E-state index contributed by atoms with van der Waals surface area (Å²) in [5.41, 5.74) is 0.467. The predicted molar refractivity (Wildman–Crippen MR) is 71.6 cm³/mol. The highest BCUT2D eigenvalue weighted by molar-refractivity contribution is 6.22. The van der Waals surface area contributed by atoms with Crippen LogP contribution >= 0.6 is 11.6 Å². The lowest BCUT2D eigenvalue weighted by Crippen LogP contribution is -2.02. The van der Waals surface area contributed by atoms with Crippen LogP contribution in [-0.4, -0.2) is 6.61 Å². The molecular formula is C15H12ClF3O. The topological polar surface area (TPSA) is 9.23 Å². The highest BCUT2D eigenvalue weighted by Gasteiger charge is 2.20. The van der Waals surface area contributed by atoms with Gasteiger partial charge in [-0.15, -0.1) is 11.6 Å². The van der Waals surface area contributed by atoms with Crippen LogP contribution in [0.4, 0.5) is 13.2 Å². The van der Waals surface area contributed by atoms with Crippen LogP contribution in [0, 0.1) is 17.5 Å². The first-order valence-electron chi connectivity index (χ1n) is 6.04. The number of rotatable bonds is 4. The zero-order chi connectivity index (χ0) is 14.7. The summed E-state index contributed by atoms with van der Waals surface area (Å²) < 4.78 is 45.0. The molecule has 0 spiro atoms. The molecule has 1 atom stereocenters. The minimum atomic E-state index is -1.51. The van der Waals surface area contributed by atoms with E-state index in [1.54, 1.807) is 24.3 Å². The summed E-state index contributed by atoms with van der Waals surface area (Å²) in [4.78, 5) is 0. The van der Waals surface area contributed by atoms with Gasteiger partial charge in [-0.25, -0.2) is 13.2 Å². The molecule has 0 heterocycles. The lowest BCUT2D eigenvalue weighted by Gasteiger charge is -2.13. The van der Waals surface area contributed by atoms with Crippen molar-refractivity contribution in [1.82, 2.24) is 0 Å². The molecule has 0 aliphatic carbocycles. The molecule has 0 saturated heterocycles. The monoisotopic (exact) mass is 300 g/mol. The third kappa shape index (κ3) is 2.90. The maximum absolute atomic E-state index is 13.7. The molecule has 0 fully saturated rings. The summed E-state index contributed by atoms with van der Waals surface area (Å²) in [7, 11) is 0. The Morgan fingerprint density at radius 1 is 1.00 bits per heavy atom. The molecule has 0 N–H and O–H groups in total. The molecule has 2 aromatic carbocycles. The van der Waals surface area contributed by atoms with Gasteiger partial charge in [-0.05, 0) is 30.7 Å². The highest BCUT2D eigenvalue weighted by atomic mass is 35.5. The lowest BCUT2D eigenvalue weighted by molar-refractivity contribution is 0.340. The molecule has 1 nitrogen and oxygen atoms in total. The zero-order valence-electron chi connectivity index (χ0n) is 10.7. The average Bonchev–Trinajstić information content (AvgIpc) is 2.45. The van der Waals surface area contributed by atoms with Gasteiger partial charge in [-0.2, -0.15) is 0 Å². The average molecular weight is 301 g/mol. The second-order valence-corrected chi connectivity index (χ2v) is 4.57. The van der Waals surface area contributed by atoms with Crippen molar-refractivity contribution >= 4 is 11.6 Å². The van der Waals surface area contributed by atoms with Gasteiger partial charge in [0.25, 0.3) is 0 Å². The molecule has 0 aromatic heterocycles. The predicted octanol–water partition coefficient (Wildman–Crippen LogP) is 4.83. The van der Waals surface area contributed by atoms with Crippen molar-refractivity contribution in [2.75, 3.05) is 6.61 Å². The van der Waals surface area contributed by atoms with E-state index >= 15 is 0 Å². The zero-order valence-corrected chi connectivity index (χ0v) is 11.4. The van der Waals surface area contributed by atoms with Gasteiger partial charge < -0.3 is 4.74 Å². The van der Waals surface area contributed by atoms with Gasteiger partial charge in [0.2, 0.25) is 0 Å². The van der Waals surface area contributed by atoms with Crippen LogP contribution in [0.25, 0.3) is 0 Å². The van der Waals surface area contributed by atoms with Crippen LogP contribution in [-0.2, 0) is 0 Å². The number of ether oxygens (including phenoxy) is 1. The van der Waals surface area contributed by atoms with Crippen molar-refractivity contribution in [2.45, 2.75) is 12.3 Å². The van der Waals surface area contributed by atoms with E-state index in [0.717, 1.165) is 12.1 Å². The molecule has 0 radical (unpaired) electrons. The van der Waals surface area contributed by atoms with E-state index in [4.69, 9.17) is 16.3 Å². The second-order valence-electron chi connectivity index (χ2n) is 4.13. The van der Waals surface area contributed by atoms with E-state index in [9.17, 15) is 13.2 Å². The first-order valence-corrected chi connectivity index (χ1v) is 6.48. The molecule has 0 bridgehead atoms. The largest absolute Gasteiger partial charge is 0.494 e. The smallest absolute Gasteiger partial charge is 0.194 e. The fraction of sp³-hybridized carbons (Fsp3) is 0.200. The van der Waals surface area contributed by atoms with E-state index in [1.807, 2.05) is 6.92 Å². The van der Waals surface area contributed by atoms with Gasteiger partial charge in [0.15, 0.2) is 17.5 Å². The number of hydrogen-bond donors (Lipinski definition) is 0. The number of hydrogen-bond acceptors (Lipinski definition) is 1. The van der Waals surface area contributed by atoms with Gasteiger partial charge in [0.1, 0.15) is 5.75 Å². The molecule has 1 unspecified atom stereocenters. The van der Waals surface area contributed by atoms with Crippen LogP contribution < -0.4 is 4.74 Å². The molecule has 106 valence electrons. The molecule has 20 heavy (non-hydrogen) atoms. The van der Waals surface area contributed by atoms with Crippen LogP contribution in [0.1, 0.15) is 23.4 Å². The Balaban J connectivity index is 2.31. The molecule has 0 aliphatic rings. The van der Waals surface area contributed by atoms with Crippen LogP contribution in [0.3, 0.4) is 0 Å². The first-order chi connectivity index (χ1) is 9.54. The van der Waals surface area contributed by atoms with E-state index < -0.39 is 22.8 Å². The van der Waals surface area contributed by atoms with Gasteiger partial charge in [-0.1, -0.05) is 18.2 Å². The SMILES string of the molecule is CCOc1ccc(C(Cl)c2ccc(F)c(F)c2F)cc1. The summed E-state index contributed by atoms with van der Waals surface area (Å²) >= 11 is 6.12. The fourth-order valence-corrected chi connectivity index (χ4v) is 2.13. The Hall–Kier alpha value is -1.68. The standard InChI is InChI=1S/C15H12ClF3O/c1-2-20-10-5-3-9(4-6-10)13(16)11-7-8-12(17)15(19)14(11)18/h3-8,13H,2H2,1H3.